The molecule has 0 fully saturated rings. The molecule has 0 bridgehead atoms. The summed E-state index contributed by atoms with van der Waals surface area (Å²) in [5.41, 5.74) is 5.58. The summed E-state index contributed by atoms with van der Waals surface area (Å²) >= 11 is 0. The Morgan fingerprint density at radius 3 is 2.23 bits per heavy atom. The molecule has 0 aliphatic carbocycles. The highest BCUT2D eigenvalue weighted by molar-refractivity contribution is 8.76. The summed E-state index contributed by atoms with van der Waals surface area (Å²) < 4.78 is 9.01. The van der Waals surface area contributed by atoms with Crippen LogP contribution in [0.25, 0.3) is 0 Å². The predicted molar refractivity (Wildman–Crippen MR) is 98.0 cm³/mol. The van der Waals surface area contributed by atoms with Crippen molar-refractivity contribution in [1.29, 1.82) is 0 Å². The number of nitrogens with one attached hydrogen (secondary N) is 1. The summed E-state index contributed by atoms with van der Waals surface area (Å²) in [4.78, 5) is 46.6. The SMILES string of the molecule is CCSSC[C@H](NC(=O)CC[C@H](N)C(=O)OC)C(=O)CCC(=O)OC.[Br-]. The highest BCUT2D eigenvalue weighted by atomic mass is 79.9. The van der Waals surface area contributed by atoms with Gasteiger partial charge in [0.05, 0.1) is 26.7 Å². The van der Waals surface area contributed by atoms with Crippen molar-refractivity contribution in [1.82, 2.24) is 5.32 Å². The molecule has 3 N–H and O–H groups in total. The number of ketones is 1. The van der Waals surface area contributed by atoms with E-state index in [1.165, 1.54) is 25.0 Å². The van der Waals surface area contributed by atoms with Gasteiger partial charge in [-0.2, -0.15) is 0 Å². The Morgan fingerprint density at radius 1 is 1.04 bits per heavy atom. The number of nitrogens with two attached hydrogens (primary N) is 1. The van der Waals surface area contributed by atoms with E-state index in [1.54, 1.807) is 10.8 Å². The Balaban J connectivity index is 0. The summed E-state index contributed by atoms with van der Waals surface area (Å²) in [6.07, 6.45) is 0.0955. The van der Waals surface area contributed by atoms with Crippen LogP contribution in [-0.4, -0.2) is 61.4 Å². The van der Waals surface area contributed by atoms with Crippen LogP contribution in [-0.2, 0) is 28.7 Å². The fourth-order valence-corrected chi connectivity index (χ4v) is 3.60. The van der Waals surface area contributed by atoms with E-state index in [9.17, 15) is 19.2 Å². The first-order chi connectivity index (χ1) is 11.8. The van der Waals surface area contributed by atoms with Crippen LogP contribution in [0.1, 0.15) is 32.6 Å². The van der Waals surface area contributed by atoms with Crippen LogP contribution < -0.4 is 28.0 Å². The van der Waals surface area contributed by atoms with Gasteiger partial charge in [0.2, 0.25) is 5.91 Å². The van der Waals surface area contributed by atoms with E-state index >= 15 is 0 Å². The fraction of sp³-hybridized carbons (Fsp3) is 0.733. The van der Waals surface area contributed by atoms with E-state index in [4.69, 9.17) is 5.73 Å². The smallest absolute Gasteiger partial charge is 0.322 e. The molecule has 0 saturated carbocycles. The molecule has 8 nitrogen and oxygen atoms in total. The maximum atomic E-state index is 12.2. The molecule has 0 aromatic rings. The van der Waals surface area contributed by atoms with Crippen LogP contribution in [0.3, 0.4) is 0 Å². The molecule has 0 saturated heterocycles. The van der Waals surface area contributed by atoms with Gasteiger partial charge < -0.3 is 37.5 Å². The molecule has 11 heteroatoms. The molecular formula is C15H26BrN2O6S2-. The van der Waals surface area contributed by atoms with Crippen molar-refractivity contribution in [3.8, 4) is 0 Å². The van der Waals surface area contributed by atoms with Crippen LogP contribution in [0.4, 0.5) is 0 Å². The zero-order valence-corrected chi connectivity index (χ0v) is 18.3. The normalized spacial score (nSPS) is 12.3. The lowest BCUT2D eigenvalue weighted by atomic mass is 10.1. The predicted octanol–water partition coefficient (Wildman–Crippen LogP) is -2.32. The lowest BCUT2D eigenvalue weighted by molar-refractivity contribution is -0.142. The zero-order chi connectivity index (χ0) is 19.2. The van der Waals surface area contributed by atoms with Gasteiger partial charge in [-0.15, -0.1) is 0 Å². The van der Waals surface area contributed by atoms with Gasteiger partial charge in [-0.05, 0) is 6.42 Å². The number of Topliss-reactive ketones (excluding diaryl/α,β-unsaturated/α-hetero) is 1. The topological polar surface area (TPSA) is 125 Å². The third-order valence-corrected chi connectivity index (χ3v) is 5.64. The van der Waals surface area contributed by atoms with Crippen molar-refractivity contribution in [2.45, 2.75) is 44.7 Å². The summed E-state index contributed by atoms with van der Waals surface area (Å²) in [5.74, 6) is -0.409. The average Bonchev–Trinajstić information content (AvgIpc) is 2.62. The van der Waals surface area contributed by atoms with Crippen molar-refractivity contribution in [3.05, 3.63) is 0 Å². The number of ether oxygens (including phenoxy) is 2. The third kappa shape index (κ3) is 12.6. The molecular weight excluding hydrogens is 448 g/mol. The van der Waals surface area contributed by atoms with Gasteiger partial charge in [-0.1, -0.05) is 28.5 Å². The monoisotopic (exact) mass is 473 g/mol. The highest BCUT2D eigenvalue weighted by Gasteiger charge is 2.23. The largest absolute Gasteiger partial charge is 1.00 e. The number of methoxy groups -OCH3 is 2. The van der Waals surface area contributed by atoms with Gasteiger partial charge >= 0.3 is 11.9 Å². The number of amides is 1. The van der Waals surface area contributed by atoms with Gasteiger partial charge in [0, 0.05) is 24.3 Å². The molecule has 0 heterocycles. The molecule has 0 aromatic heterocycles. The van der Waals surface area contributed by atoms with Crippen LogP contribution >= 0.6 is 21.6 Å². The van der Waals surface area contributed by atoms with E-state index in [0.29, 0.717) is 5.75 Å². The Labute approximate surface area is 172 Å². The molecule has 0 aliphatic heterocycles. The van der Waals surface area contributed by atoms with E-state index in [-0.39, 0.29) is 54.4 Å². The minimum absolute atomic E-state index is 0. The Kier molecular flexibility index (Phi) is 17.3. The molecule has 0 spiro atoms. The van der Waals surface area contributed by atoms with E-state index in [2.05, 4.69) is 14.8 Å². The number of esters is 2. The summed E-state index contributed by atoms with van der Waals surface area (Å²) in [7, 11) is 5.52. The summed E-state index contributed by atoms with van der Waals surface area (Å²) in [6.45, 7) is 1.98. The molecule has 0 unspecified atom stereocenters. The zero-order valence-electron chi connectivity index (χ0n) is 15.1. The fourth-order valence-electron chi connectivity index (χ4n) is 1.74. The van der Waals surface area contributed by atoms with Crippen LogP contribution in [0.2, 0.25) is 0 Å². The lowest BCUT2D eigenvalue weighted by Gasteiger charge is -2.17. The van der Waals surface area contributed by atoms with Gasteiger partial charge in [-0.3, -0.25) is 19.2 Å². The number of rotatable bonds is 13. The molecule has 0 radical (unpaired) electrons. The quantitative estimate of drug-likeness (QED) is 0.172. The average molecular weight is 474 g/mol. The molecule has 1 amide bonds. The maximum Gasteiger partial charge on any atom is 0.322 e. The minimum Gasteiger partial charge on any atom is -1.00 e. The minimum atomic E-state index is -0.880. The van der Waals surface area contributed by atoms with E-state index in [0.717, 1.165) is 5.75 Å². The molecule has 2 atom stereocenters. The van der Waals surface area contributed by atoms with E-state index in [1.807, 2.05) is 6.92 Å². The highest BCUT2D eigenvalue weighted by Crippen LogP contribution is 2.22. The number of carbonyl (C=O) groups is 4. The molecule has 152 valence electrons. The Hall–Kier alpha value is -0.780. The second kappa shape index (κ2) is 16.4. The number of halogens is 1. The molecule has 0 aliphatic rings. The standard InChI is InChI=1S/C15H26N2O6S2.BrH/c1-4-24-25-9-11(12(18)6-8-14(20)22-2)17-13(19)7-5-10(16)15(21)23-3;/h10-11H,4-9,16H2,1-3H3,(H,17,19);1H/p-1/t10-,11-;/m0./s1. The third-order valence-electron chi connectivity index (χ3n) is 3.15. The Bertz CT molecular complexity index is 467. The Morgan fingerprint density at radius 2 is 1.69 bits per heavy atom. The van der Waals surface area contributed by atoms with Gasteiger partial charge in [0.1, 0.15) is 6.04 Å². The number of carbonyl (C=O) groups excluding carboxylic acids is 4. The first kappa shape index (κ1) is 27.4. The van der Waals surface area contributed by atoms with Crippen molar-refractivity contribution >= 4 is 45.2 Å². The number of hydrogen-bond acceptors (Lipinski definition) is 9. The van der Waals surface area contributed by atoms with Crippen molar-refractivity contribution in [3.63, 3.8) is 0 Å². The second-order valence-electron chi connectivity index (χ2n) is 5.02. The van der Waals surface area contributed by atoms with Crippen LogP contribution in [0.15, 0.2) is 0 Å². The summed E-state index contributed by atoms with van der Waals surface area (Å²) in [5, 5.41) is 2.65. The first-order valence-electron chi connectivity index (χ1n) is 7.82. The van der Waals surface area contributed by atoms with Gasteiger partial charge in [0.15, 0.2) is 5.78 Å². The van der Waals surface area contributed by atoms with Crippen molar-refractivity contribution < 1.29 is 45.6 Å². The lowest BCUT2D eigenvalue weighted by Crippen LogP contribution is -3.00. The molecule has 26 heavy (non-hydrogen) atoms. The molecule has 0 rings (SSSR count). The van der Waals surface area contributed by atoms with Gasteiger partial charge in [0.25, 0.3) is 0 Å². The summed E-state index contributed by atoms with van der Waals surface area (Å²) in [6, 6.07) is -1.58. The van der Waals surface area contributed by atoms with Gasteiger partial charge in [-0.25, -0.2) is 0 Å². The van der Waals surface area contributed by atoms with E-state index < -0.39 is 24.0 Å². The first-order valence-corrected chi connectivity index (χ1v) is 10.3. The van der Waals surface area contributed by atoms with Crippen LogP contribution in [0.5, 0.6) is 0 Å². The van der Waals surface area contributed by atoms with Crippen LogP contribution in [0, 0.1) is 0 Å². The van der Waals surface area contributed by atoms with Crippen molar-refractivity contribution in [2.24, 2.45) is 5.73 Å². The van der Waals surface area contributed by atoms with Crippen molar-refractivity contribution in [2.75, 3.05) is 25.7 Å². The molecule has 0 aromatic carbocycles. The maximum absolute atomic E-state index is 12.2. The number of hydrogen-bond donors (Lipinski definition) is 2. The second-order valence-corrected chi connectivity index (χ2v) is 7.82.